The lowest BCUT2D eigenvalue weighted by Crippen LogP contribution is -2.45. The summed E-state index contributed by atoms with van der Waals surface area (Å²) in [4.78, 5) is 20.6. The van der Waals surface area contributed by atoms with Crippen molar-refractivity contribution in [2.45, 2.75) is 12.4 Å². The number of hydrogen-bond acceptors (Lipinski definition) is 7. The molecule has 4 aromatic rings. The van der Waals surface area contributed by atoms with E-state index in [1.54, 1.807) is 35.0 Å². The molecule has 2 aromatic carbocycles. The second-order valence-corrected chi connectivity index (χ2v) is 9.46. The maximum absolute atomic E-state index is 14.0. The Labute approximate surface area is 226 Å². The number of nitrogens with zero attached hydrogens (tertiary/aromatic N) is 5. The van der Waals surface area contributed by atoms with Crippen molar-refractivity contribution in [3.05, 3.63) is 71.9 Å². The lowest BCUT2D eigenvalue weighted by molar-refractivity contribution is -0.137. The highest BCUT2D eigenvalue weighted by atomic mass is 19.4. The second kappa shape index (κ2) is 10.7. The van der Waals surface area contributed by atoms with Crippen LogP contribution in [0, 0.1) is 5.82 Å². The van der Waals surface area contributed by atoms with E-state index in [1.807, 2.05) is 11.9 Å². The SMILES string of the molecule is CN1CCN(C(O)c2cn3ncnc(N)c3c2-c2ccc(NC(=O)Nc3cc(C(F)(F)F)ccc3F)cc2)CC1. The molecule has 1 atom stereocenters. The number of piperazine rings is 1. The molecule has 5 N–H and O–H groups in total. The normalized spacial score (nSPS) is 15.8. The minimum atomic E-state index is -4.69. The molecular weight excluding hydrogens is 532 g/mol. The zero-order valence-electron chi connectivity index (χ0n) is 21.3. The quantitative estimate of drug-likeness (QED) is 0.273. The lowest BCUT2D eigenvalue weighted by atomic mass is 10.0. The van der Waals surface area contributed by atoms with E-state index in [1.165, 1.54) is 6.33 Å². The number of carbonyl (C=O) groups is 1. The van der Waals surface area contributed by atoms with Crippen LogP contribution >= 0.6 is 0 Å². The molecule has 0 saturated carbocycles. The first-order chi connectivity index (χ1) is 19.0. The third-order valence-electron chi connectivity index (χ3n) is 6.77. The van der Waals surface area contributed by atoms with E-state index in [0.717, 1.165) is 13.1 Å². The van der Waals surface area contributed by atoms with Crippen LogP contribution in [0.25, 0.3) is 16.6 Å². The van der Waals surface area contributed by atoms with Crippen molar-refractivity contribution in [2.75, 3.05) is 49.6 Å². The molecule has 1 aliphatic heterocycles. The van der Waals surface area contributed by atoms with Crippen molar-refractivity contribution in [3.8, 4) is 11.1 Å². The Balaban J connectivity index is 1.39. The van der Waals surface area contributed by atoms with Gasteiger partial charge in [-0.15, -0.1) is 0 Å². The number of likely N-dealkylation sites (N-methyl/N-ethyl adjacent to an activating group) is 1. The number of halogens is 4. The van der Waals surface area contributed by atoms with E-state index in [9.17, 15) is 27.5 Å². The van der Waals surface area contributed by atoms with Gasteiger partial charge in [0.25, 0.3) is 0 Å². The van der Waals surface area contributed by atoms with Gasteiger partial charge in [0.1, 0.15) is 23.9 Å². The van der Waals surface area contributed by atoms with Gasteiger partial charge in [-0.05, 0) is 42.9 Å². The van der Waals surface area contributed by atoms with E-state index in [-0.39, 0.29) is 5.82 Å². The first-order valence-electron chi connectivity index (χ1n) is 12.3. The van der Waals surface area contributed by atoms with Crippen molar-refractivity contribution >= 4 is 28.7 Å². The molecule has 40 heavy (non-hydrogen) atoms. The van der Waals surface area contributed by atoms with Crippen LogP contribution in [0.3, 0.4) is 0 Å². The summed E-state index contributed by atoms with van der Waals surface area (Å²) in [6, 6.07) is 7.32. The number of rotatable bonds is 5. The monoisotopic (exact) mass is 558 g/mol. The molecule has 2 amide bonds. The minimum absolute atomic E-state index is 0.214. The summed E-state index contributed by atoms with van der Waals surface area (Å²) in [6.07, 6.45) is -2.60. The molecule has 1 unspecified atom stereocenters. The van der Waals surface area contributed by atoms with Gasteiger partial charge >= 0.3 is 12.2 Å². The first-order valence-corrected chi connectivity index (χ1v) is 12.3. The number of aromatic nitrogens is 3. The number of alkyl halides is 3. The largest absolute Gasteiger partial charge is 0.416 e. The van der Waals surface area contributed by atoms with Crippen molar-refractivity contribution < 1.29 is 27.5 Å². The standard InChI is InChI=1S/C26H26F4N8O2/c1-36-8-10-37(11-9-36)24(39)18-13-38-22(23(31)32-14-33-38)21(18)15-2-5-17(6-3-15)34-25(40)35-20-12-16(26(28,29)30)4-7-19(20)27/h2-7,12-14,24,39H,8-11H2,1H3,(H2,31,32,33)(H2,34,35,40). The van der Waals surface area contributed by atoms with E-state index in [2.05, 4.69) is 25.6 Å². The third-order valence-corrected chi connectivity index (χ3v) is 6.77. The van der Waals surface area contributed by atoms with Crippen LogP contribution in [0.1, 0.15) is 17.4 Å². The fraction of sp³-hybridized carbons (Fsp3) is 0.269. The number of hydrogen-bond donors (Lipinski definition) is 4. The average molecular weight is 559 g/mol. The molecular formula is C26H26F4N8O2. The highest BCUT2D eigenvalue weighted by Gasteiger charge is 2.31. The molecule has 210 valence electrons. The Morgan fingerprint density at radius 2 is 1.77 bits per heavy atom. The van der Waals surface area contributed by atoms with Gasteiger partial charge < -0.3 is 26.4 Å². The van der Waals surface area contributed by atoms with E-state index >= 15 is 0 Å². The number of benzene rings is 2. The number of nitrogens with one attached hydrogen (secondary N) is 2. The number of nitrogens with two attached hydrogens (primary N) is 1. The van der Waals surface area contributed by atoms with Gasteiger partial charge in [0.05, 0.1) is 11.3 Å². The van der Waals surface area contributed by atoms with Gasteiger partial charge in [-0.3, -0.25) is 4.90 Å². The van der Waals surface area contributed by atoms with Crippen molar-refractivity contribution in [1.29, 1.82) is 0 Å². The molecule has 0 bridgehead atoms. The fourth-order valence-corrected chi connectivity index (χ4v) is 4.62. The fourth-order valence-electron chi connectivity index (χ4n) is 4.62. The molecule has 1 aliphatic rings. The number of nitrogen functional groups attached to an aromatic ring is 1. The molecule has 14 heteroatoms. The Morgan fingerprint density at radius 1 is 1.07 bits per heavy atom. The highest BCUT2D eigenvalue weighted by molar-refractivity contribution is 6.00. The van der Waals surface area contributed by atoms with Gasteiger partial charge in [0, 0.05) is 49.2 Å². The van der Waals surface area contributed by atoms with E-state index in [4.69, 9.17) is 5.73 Å². The van der Waals surface area contributed by atoms with Gasteiger partial charge in [0.2, 0.25) is 0 Å². The summed E-state index contributed by atoms with van der Waals surface area (Å²) in [5, 5.41) is 20.1. The van der Waals surface area contributed by atoms with Gasteiger partial charge in [-0.2, -0.15) is 18.3 Å². The molecule has 10 nitrogen and oxygen atoms in total. The predicted molar refractivity (Wildman–Crippen MR) is 141 cm³/mol. The van der Waals surface area contributed by atoms with Crippen LogP contribution in [-0.4, -0.2) is 68.8 Å². The molecule has 0 spiro atoms. The molecule has 1 fully saturated rings. The Morgan fingerprint density at radius 3 is 2.45 bits per heavy atom. The summed E-state index contributed by atoms with van der Waals surface area (Å²) >= 11 is 0. The Bertz CT molecular complexity index is 1530. The van der Waals surface area contributed by atoms with Crippen LogP contribution < -0.4 is 16.4 Å². The maximum Gasteiger partial charge on any atom is 0.416 e. The number of carbonyl (C=O) groups excluding carboxylic acids is 1. The number of amides is 2. The molecule has 1 saturated heterocycles. The van der Waals surface area contributed by atoms with E-state index < -0.39 is 35.5 Å². The van der Waals surface area contributed by atoms with E-state index in [0.29, 0.717) is 59.2 Å². The third kappa shape index (κ3) is 5.54. The van der Waals surface area contributed by atoms with Crippen molar-refractivity contribution in [3.63, 3.8) is 0 Å². The number of aliphatic hydroxyl groups is 1. The zero-order chi connectivity index (χ0) is 28.6. The first kappa shape index (κ1) is 27.3. The zero-order valence-corrected chi connectivity index (χ0v) is 21.3. The van der Waals surface area contributed by atoms with Crippen molar-refractivity contribution in [2.24, 2.45) is 0 Å². The molecule has 5 rings (SSSR count). The summed E-state index contributed by atoms with van der Waals surface area (Å²) in [7, 11) is 2.02. The number of aliphatic hydroxyl groups excluding tert-OH is 1. The summed E-state index contributed by atoms with van der Waals surface area (Å²) in [5.74, 6) is -0.795. The van der Waals surface area contributed by atoms with Crippen LogP contribution in [0.4, 0.5) is 39.5 Å². The van der Waals surface area contributed by atoms with Crippen LogP contribution in [0.5, 0.6) is 0 Å². The Hall–Kier alpha value is -4.27. The molecule has 0 radical (unpaired) electrons. The maximum atomic E-state index is 14.0. The van der Waals surface area contributed by atoms with Gasteiger partial charge in [0.15, 0.2) is 5.82 Å². The topological polar surface area (TPSA) is 124 Å². The number of fused-ring (bicyclic) bond motifs is 1. The number of urea groups is 1. The molecule has 3 heterocycles. The lowest BCUT2D eigenvalue weighted by Gasteiger charge is -2.35. The van der Waals surface area contributed by atoms with Crippen molar-refractivity contribution in [1.82, 2.24) is 24.4 Å². The molecule has 2 aromatic heterocycles. The summed E-state index contributed by atoms with van der Waals surface area (Å²) in [5.41, 5.74) is 7.13. The number of anilines is 3. The predicted octanol–water partition coefficient (Wildman–Crippen LogP) is 4.02. The van der Waals surface area contributed by atoms with Gasteiger partial charge in [-0.1, -0.05) is 12.1 Å². The molecule has 0 aliphatic carbocycles. The highest BCUT2D eigenvalue weighted by Crippen LogP contribution is 2.37. The summed E-state index contributed by atoms with van der Waals surface area (Å²) < 4.78 is 54.5. The van der Waals surface area contributed by atoms with Crippen LogP contribution in [0.15, 0.2) is 55.0 Å². The average Bonchev–Trinajstić information content (AvgIpc) is 3.31. The second-order valence-electron chi connectivity index (χ2n) is 9.46. The van der Waals surface area contributed by atoms with Crippen LogP contribution in [0.2, 0.25) is 0 Å². The van der Waals surface area contributed by atoms with Crippen LogP contribution in [-0.2, 0) is 6.18 Å². The van der Waals surface area contributed by atoms with Gasteiger partial charge in [-0.25, -0.2) is 18.7 Å². The smallest absolute Gasteiger partial charge is 0.382 e. The Kier molecular flexibility index (Phi) is 7.31. The minimum Gasteiger partial charge on any atom is -0.382 e. The summed E-state index contributed by atoms with van der Waals surface area (Å²) in [6.45, 7) is 2.92.